The number of amides is 1. The molecule has 0 aromatic heterocycles. The van der Waals surface area contributed by atoms with E-state index in [2.05, 4.69) is 12.2 Å². The average Bonchev–Trinajstić information content (AvgIpc) is 2.36. The molecule has 0 unspecified atom stereocenters. The molecule has 1 rings (SSSR count). The van der Waals surface area contributed by atoms with Crippen molar-refractivity contribution in [3.8, 4) is 0 Å². The van der Waals surface area contributed by atoms with Gasteiger partial charge in [-0.25, -0.2) is 8.42 Å². The van der Waals surface area contributed by atoms with E-state index in [1.54, 1.807) is 12.1 Å². The molecule has 0 fully saturated rings. The van der Waals surface area contributed by atoms with Crippen LogP contribution in [0.1, 0.15) is 31.7 Å². The SMILES string of the molecule is CCCCNC(=O)CCc1ccc(S(=O)(=O)Cl)cc1. The van der Waals surface area contributed by atoms with Crippen molar-refractivity contribution in [3.63, 3.8) is 0 Å². The molecule has 1 aromatic rings. The van der Waals surface area contributed by atoms with Crippen LogP contribution in [0.5, 0.6) is 0 Å². The summed E-state index contributed by atoms with van der Waals surface area (Å²) < 4.78 is 22.1. The van der Waals surface area contributed by atoms with E-state index in [-0.39, 0.29) is 10.8 Å². The number of rotatable bonds is 7. The Hall–Kier alpha value is -1.07. The number of nitrogens with one attached hydrogen (secondary N) is 1. The maximum absolute atomic E-state index is 11.5. The predicted molar refractivity (Wildman–Crippen MR) is 75.7 cm³/mol. The summed E-state index contributed by atoms with van der Waals surface area (Å²) >= 11 is 0. The minimum absolute atomic E-state index is 0.0162. The molecule has 106 valence electrons. The quantitative estimate of drug-likeness (QED) is 0.621. The monoisotopic (exact) mass is 303 g/mol. The lowest BCUT2D eigenvalue weighted by Crippen LogP contribution is -2.24. The lowest BCUT2D eigenvalue weighted by atomic mass is 10.1. The van der Waals surface area contributed by atoms with Gasteiger partial charge in [0.1, 0.15) is 0 Å². The fraction of sp³-hybridized carbons (Fsp3) is 0.462. The van der Waals surface area contributed by atoms with E-state index < -0.39 is 9.05 Å². The fourth-order valence-corrected chi connectivity index (χ4v) is 2.34. The molecular weight excluding hydrogens is 286 g/mol. The second-order valence-electron chi connectivity index (χ2n) is 4.29. The van der Waals surface area contributed by atoms with E-state index in [0.717, 1.165) is 18.4 Å². The van der Waals surface area contributed by atoms with Crippen molar-refractivity contribution in [2.24, 2.45) is 0 Å². The summed E-state index contributed by atoms with van der Waals surface area (Å²) in [4.78, 5) is 11.6. The van der Waals surface area contributed by atoms with Gasteiger partial charge in [0.05, 0.1) is 4.90 Å². The normalized spacial score (nSPS) is 11.3. The van der Waals surface area contributed by atoms with Gasteiger partial charge in [0, 0.05) is 23.6 Å². The highest BCUT2D eigenvalue weighted by Crippen LogP contribution is 2.15. The molecule has 1 amide bonds. The van der Waals surface area contributed by atoms with Crippen LogP contribution in [-0.2, 0) is 20.3 Å². The van der Waals surface area contributed by atoms with Crippen LogP contribution in [0.4, 0.5) is 0 Å². The van der Waals surface area contributed by atoms with Crippen LogP contribution in [-0.4, -0.2) is 20.9 Å². The first kappa shape index (κ1) is 16.0. The van der Waals surface area contributed by atoms with E-state index in [1.165, 1.54) is 12.1 Å². The minimum atomic E-state index is -3.67. The van der Waals surface area contributed by atoms with E-state index in [0.29, 0.717) is 19.4 Å². The van der Waals surface area contributed by atoms with Gasteiger partial charge in [-0.3, -0.25) is 4.79 Å². The molecule has 0 aliphatic carbocycles. The summed E-state index contributed by atoms with van der Waals surface area (Å²) in [7, 11) is 1.54. The first-order valence-electron chi connectivity index (χ1n) is 6.24. The summed E-state index contributed by atoms with van der Waals surface area (Å²) in [6.07, 6.45) is 3.01. The second kappa shape index (κ2) is 7.50. The third-order valence-electron chi connectivity index (χ3n) is 2.70. The number of carbonyl (C=O) groups is 1. The Bertz CT molecular complexity index is 511. The van der Waals surface area contributed by atoms with Gasteiger partial charge in [0.15, 0.2) is 0 Å². The predicted octanol–water partition coefficient (Wildman–Crippen LogP) is 2.46. The topological polar surface area (TPSA) is 63.2 Å². The van der Waals surface area contributed by atoms with Gasteiger partial charge in [-0.2, -0.15) is 0 Å². The zero-order valence-electron chi connectivity index (χ0n) is 10.9. The molecule has 0 atom stereocenters. The highest BCUT2D eigenvalue weighted by atomic mass is 35.7. The molecule has 0 heterocycles. The molecule has 0 radical (unpaired) electrons. The molecule has 0 spiro atoms. The zero-order chi connectivity index (χ0) is 14.3. The van der Waals surface area contributed by atoms with Crippen LogP contribution in [0.2, 0.25) is 0 Å². The van der Waals surface area contributed by atoms with Crippen LogP contribution >= 0.6 is 10.7 Å². The van der Waals surface area contributed by atoms with Crippen molar-refractivity contribution in [1.29, 1.82) is 0 Å². The molecule has 1 N–H and O–H groups in total. The van der Waals surface area contributed by atoms with Crippen molar-refractivity contribution in [3.05, 3.63) is 29.8 Å². The molecule has 4 nitrogen and oxygen atoms in total. The van der Waals surface area contributed by atoms with Crippen LogP contribution in [0, 0.1) is 0 Å². The van der Waals surface area contributed by atoms with Gasteiger partial charge < -0.3 is 5.32 Å². The lowest BCUT2D eigenvalue weighted by molar-refractivity contribution is -0.121. The van der Waals surface area contributed by atoms with Crippen molar-refractivity contribution in [2.75, 3.05) is 6.54 Å². The molecule has 1 aromatic carbocycles. The second-order valence-corrected chi connectivity index (χ2v) is 6.85. The molecule has 0 saturated heterocycles. The lowest BCUT2D eigenvalue weighted by Gasteiger charge is -2.05. The van der Waals surface area contributed by atoms with Crippen LogP contribution < -0.4 is 5.32 Å². The molecule has 0 aliphatic heterocycles. The largest absolute Gasteiger partial charge is 0.356 e. The first-order valence-corrected chi connectivity index (χ1v) is 8.54. The number of benzene rings is 1. The minimum Gasteiger partial charge on any atom is -0.356 e. The number of hydrogen-bond donors (Lipinski definition) is 1. The van der Waals surface area contributed by atoms with Crippen molar-refractivity contribution < 1.29 is 13.2 Å². The Kier molecular flexibility index (Phi) is 6.31. The van der Waals surface area contributed by atoms with Crippen molar-refractivity contribution in [2.45, 2.75) is 37.5 Å². The zero-order valence-corrected chi connectivity index (χ0v) is 12.4. The average molecular weight is 304 g/mol. The molecule has 19 heavy (non-hydrogen) atoms. The number of unbranched alkanes of at least 4 members (excludes halogenated alkanes) is 1. The van der Waals surface area contributed by atoms with Gasteiger partial charge in [-0.15, -0.1) is 0 Å². The van der Waals surface area contributed by atoms with Crippen LogP contribution in [0.3, 0.4) is 0 Å². The first-order chi connectivity index (χ1) is 8.93. The fourth-order valence-electron chi connectivity index (χ4n) is 1.57. The Balaban J connectivity index is 2.44. The molecule has 0 bridgehead atoms. The van der Waals surface area contributed by atoms with E-state index in [4.69, 9.17) is 10.7 Å². The van der Waals surface area contributed by atoms with Crippen LogP contribution in [0.25, 0.3) is 0 Å². The smallest absolute Gasteiger partial charge is 0.261 e. The summed E-state index contributed by atoms with van der Waals surface area (Å²) in [6.45, 7) is 2.78. The number of aryl methyl sites for hydroxylation is 1. The Morgan fingerprint density at radius 2 is 1.89 bits per heavy atom. The molecule has 0 saturated carbocycles. The van der Waals surface area contributed by atoms with E-state index >= 15 is 0 Å². The maximum Gasteiger partial charge on any atom is 0.261 e. The van der Waals surface area contributed by atoms with E-state index in [1.807, 2.05) is 0 Å². The number of carbonyl (C=O) groups excluding carboxylic acids is 1. The van der Waals surface area contributed by atoms with Gasteiger partial charge in [-0.1, -0.05) is 25.5 Å². The molecule has 6 heteroatoms. The van der Waals surface area contributed by atoms with Gasteiger partial charge in [0.25, 0.3) is 9.05 Å². The van der Waals surface area contributed by atoms with Gasteiger partial charge in [-0.05, 0) is 30.5 Å². The Labute approximate surface area is 118 Å². The van der Waals surface area contributed by atoms with Gasteiger partial charge >= 0.3 is 0 Å². The maximum atomic E-state index is 11.5. The molecular formula is C13H18ClNO3S. The van der Waals surface area contributed by atoms with Crippen molar-refractivity contribution in [1.82, 2.24) is 5.32 Å². The Morgan fingerprint density at radius 1 is 1.26 bits per heavy atom. The van der Waals surface area contributed by atoms with Crippen molar-refractivity contribution >= 4 is 25.6 Å². The summed E-state index contributed by atoms with van der Waals surface area (Å²) in [6, 6.07) is 6.25. The third kappa shape index (κ3) is 6.07. The highest BCUT2D eigenvalue weighted by molar-refractivity contribution is 8.13. The molecule has 0 aliphatic rings. The number of hydrogen-bond acceptors (Lipinski definition) is 3. The number of halogens is 1. The standard InChI is InChI=1S/C13H18ClNO3S/c1-2-3-10-15-13(16)9-6-11-4-7-12(8-5-11)19(14,17)18/h4-5,7-8H,2-3,6,9-10H2,1H3,(H,15,16). The third-order valence-corrected chi connectivity index (χ3v) is 4.07. The highest BCUT2D eigenvalue weighted by Gasteiger charge is 2.09. The Morgan fingerprint density at radius 3 is 2.42 bits per heavy atom. The summed E-state index contributed by atoms with van der Waals surface area (Å²) in [5.41, 5.74) is 0.912. The summed E-state index contributed by atoms with van der Waals surface area (Å²) in [5.74, 6) is 0.0162. The van der Waals surface area contributed by atoms with E-state index in [9.17, 15) is 13.2 Å². The van der Waals surface area contributed by atoms with Crippen LogP contribution in [0.15, 0.2) is 29.2 Å². The van der Waals surface area contributed by atoms with Gasteiger partial charge in [0.2, 0.25) is 5.91 Å². The summed E-state index contributed by atoms with van der Waals surface area (Å²) in [5, 5.41) is 2.83.